The number of carboxylic acids is 1. The van der Waals surface area contributed by atoms with E-state index in [4.69, 9.17) is 11.6 Å². The fourth-order valence-electron chi connectivity index (χ4n) is 3.19. The molecule has 0 amide bonds. The van der Waals surface area contributed by atoms with Crippen LogP contribution in [-0.2, 0) is 31.0 Å². The van der Waals surface area contributed by atoms with Crippen molar-refractivity contribution in [1.29, 1.82) is 0 Å². The Bertz CT molecular complexity index is 761. The number of hydrogen-bond donors (Lipinski definition) is 1. The Kier molecular flexibility index (Phi) is 5.42. The van der Waals surface area contributed by atoms with Gasteiger partial charge in [0, 0.05) is 31.2 Å². The largest absolute Gasteiger partial charge is 0.480 e. The van der Waals surface area contributed by atoms with Crippen molar-refractivity contribution >= 4 is 17.6 Å². The molecule has 1 N–H and O–H groups in total. The molecule has 1 atom stereocenters. The third-order valence-electron chi connectivity index (χ3n) is 4.56. The number of hydrogen-bond acceptors (Lipinski definition) is 4. The van der Waals surface area contributed by atoms with Crippen molar-refractivity contribution in [3.63, 3.8) is 0 Å². The monoisotopic (exact) mass is 362 g/mol. The molecule has 25 heavy (non-hydrogen) atoms. The first-order valence-electron chi connectivity index (χ1n) is 8.38. The van der Waals surface area contributed by atoms with Crippen molar-refractivity contribution in [1.82, 2.24) is 19.6 Å². The van der Waals surface area contributed by atoms with Crippen LogP contribution >= 0.6 is 11.6 Å². The van der Waals surface area contributed by atoms with E-state index in [0.717, 1.165) is 36.0 Å². The van der Waals surface area contributed by atoms with Gasteiger partial charge in [0.2, 0.25) is 0 Å². The number of rotatable bonds is 6. The Labute approximate surface area is 152 Å². The summed E-state index contributed by atoms with van der Waals surface area (Å²) >= 11 is 6.04. The number of benzene rings is 1. The van der Waals surface area contributed by atoms with E-state index >= 15 is 0 Å². The van der Waals surface area contributed by atoms with E-state index < -0.39 is 12.0 Å². The molecule has 0 radical (unpaired) electrons. The highest BCUT2D eigenvalue weighted by molar-refractivity contribution is 6.30. The number of carbonyl (C=O) groups is 1. The predicted molar refractivity (Wildman–Crippen MR) is 96.4 cm³/mol. The molecule has 134 valence electrons. The highest BCUT2D eigenvalue weighted by Crippen LogP contribution is 2.18. The summed E-state index contributed by atoms with van der Waals surface area (Å²) in [5.41, 5.74) is 3.25. The first kappa shape index (κ1) is 17.9. The van der Waals surface area contributed by atoms with Gasteiger partial charge in [-0.05, 0) is 37.7 Å². The van der Waals surface area contributed by atoms with Gasteiger partial charge in [-0.2, -0.15) is 5.10 Å². The molecule has 0 saturated carbocycles. The van der Waals surface area contributed by atoms with Gasteiger partial charge < -0.3 is 5.11 Å². The zero-order valence-electron chi connectivity index (χ0n) is 14.5. The van der Waals surface area contributed by atoms with Crippen LogP contribution in [0.25, 0.3) is 0 Å². The number of carboxylic acid groups (broad SMARTS) is 1. The maximum Gasteiger partial charge on any atom is 0.320 e. The zero-order valence-corrected chi connectivity index (χ0v) is 15.3. The highest BCUT2D eigenvalue weighted by Gasteiger charge is 2.26. The lowest BCUT2D eigenvalue weighted by molar-refractivity contribution is -0.143. The van der Waals surface area contributed by atoms with Gasteiger partial charge in [-0.15, -0.1) is 0 Å². The number of aromatic nitrogens is 2. The summed E-state index contributed by atoms with van der Waals surface area (Å²) < 4.78 is 1.99. The molecule has 3 rings (SSSR count). The summed E-state index contributed by atoms with van der Waals surface area (Å²) in [5.74, 6) is -0.783. The molecule has 7 heteroatoms. The molecule has 0 aliphatic carbocycles. The van der Waals surface area contributed by atoms with Crippen LogP contribution < -0.4 is 0 Å². The van der Waals surface area contributed by atoms with E-state index in [0.29, 0.717) is 13.1 Å². The average Bonchev–Trinajstić information content (AvgIpc) is 2.94. The minimum absolute atomic E-state index is 0.474. The van der Waals surface area contributed by atoms with Crippen LogP contribution in [0.5, 0.6) is 0 Å². The lowest BCUT2D eigenvalue weighted by atomic mass is 10.2. The summed E-state index contributed by atoms with van der Waals surface area (Å²) in [4.78, 5) is 15.3. The third-order valence-corrected chi connectivity index (χ3v) is 4.79. The van der Waals surface area contributed by atoms with Crippen LogP contribution in [0.1, 0.15) is 23.9 Å². The fraction of sp³-hybridized carbons (Fsp3) is 0.444. The molecule has 2 heterocycles. The van der Waals surface area contributed by atoms with E-state index in [1.54, 1.807) is 6.92 Å². The molecule has 1 aromatic heterocycles. The minimum Gasteiger partial charge on any atom is -0.480 e. The van der Waals surface area contributed by atoms with Gasteiger partial charge in [0.1, 0.15) is 6.04 Å². The van der Waals surface area contributed by atoms with E-state index in [9.17, 15) is 9.90 Å². The summed E-state index contributed by atoms with van der Waals surface area (Å²) in [6.45, 7) is 5.32. The number of aliphatic carboxylic acids is 1. The normalized spacial score (nSPS) is 16.0. The van der Waals surface area contributed by atoms with Crippen LogP contribution in [0.3, 0.4) is 0 Å². The minimum atomic E-state index is -0.783. The first-order chi connectivity index (χ1) is 11.9. The molecule has 1 unspecified atom stereocenters. The average molecular weight is 363 g/mol. The van der Waals surface area contributed by atoms with Crippen molar-refractivity contribution in [3.05, 3.63) is 52.3 Å². The Morgan fingerprint density at radius 1 is 1.36 bits per heavy atom. The molecule has 1 aliphatic heterocycles. The molecule has 0 spiro atoms. The third kappa shape index (κ3) is 4.39. The quantitative estimate of drug-likeness (QED) is 0.855. The van der Waals surface area contributed by atoms with Crippen LogP contribution in [0, 0.1) is 0 Å². The van der Waals surface area contributed by atoms with Gasteiger partial charge in [0.15, 0.2) is 0 Å². The summed E-state index contributed by atoms with van der Waals surface area (Å²) in [6, 6.07) is 9.47. The van der Waals surface area contributed by atoms with Gasteiger partial charge in [-0.3, -0.25) is 19.3 Å². The lowest BCUT2D eigenvalue weighted by Crippen LogP contribution is -2.43. The summed E-state index contributed by atoms with van der Waals surface area (Å²) in [5, 5.41) is 14.6. The zero-order chi connectivity index (χ0) is 18.0. The highest BCUT2D eigenvalue weighted by atomic mass is 35.5. The molecule has 2 aromatic rings. The molecule has 0 saturated heterocycles. The van der Waals surface area contributed by atoms with Gasteiger partial charge in [-0.1, -0.05) is 23.7 Å². The number of fused-ring (bicyclic) bond motifs is 1. The number of halogens is 1. The standard InChI is InChI=1S/C18H23ClN4O2/c1-13(18(24)25)22-6-7-23-17(12-22)9-16(20-23)11-21(2)10-14-4-3-5-15(19)8-14/h3-5,8-9,13H,6-7,10-12H2,1-2H3,(H,24,25). The molecule has 0 fully saturated rings. The van der Waals surface area contributed by atoms with Crippen LogP contribution in [0.2, 0.25) is 5.02 Å². The predicted octanol–water partition coefficient (Wildman–Crippen LogP) is 2.46. The van der Waals surface area contributed by atoms with Crippen molar-refractivity contribution in [2.75, 3.05) is 13.6 Å². The van der Waals surface area contributed by atoms with Gasteiger partial charge in [0.25, 0.3) is 0 Å². The Hall–Kier alpha value is -1.89. The lowest BCUT2D eigenvalue weighted by Gasteiger charge is -2.30. The molecule has 6 nitrogen and oxygen atoms in total. The van der Waals surface area contributed by atoms with Crippen molar-refractivity contribution in [3.8, 4) is 0 Å². The van der Waals surface area contributed by atoms with E-state index in [1.165, 1.54) is 5.56 Å². The summed E-state index contributed by atoms with van der Waals surface area (Å²) in [6.07, 6.45) is 0. The van der Waals surface area contributed by atoms with Gasteiger partial charge in [-0.25, -0.2) is 0 Å². The second-order valence-electron chi connectivity index (χ2n) is 6.64. The fourth-order valence-corrected chi connectivity index (χ4v) is 3.40. The van der Waals surface area contributed by atoms with Crippen molar-refractivity contribution in [2.45, 2.75) is 39.1 Å². The molecule has 0 bridgehead atoms. The Balaban J connectivity index is 1.62. The second-order valence-corrected chi connectivity index (χ2v) is 7.07. The van der Waals surface area contributed by atoms with Crippen molar-refractivity contribution < 1.29 is 9.90 Å². The topological polar surface area (TPSA) is 61.6 Å². The van der Waals surface area contributed by atoms with Gasteiger partial charge in [0.05, 0.1) is 17.9 Å². The molecule has 1 aromatic carbocycles. The van der Waals surface area contributed by atoms with E-state index in [-0.39, 0.29) is 0 Å². The van der Waals surface area contributed by atoms with Crippen LogP contribution in [0.15, 0.2) is 30.3 Å². The van der Waals surface area contributed by atoms with Crippen molar-refractivity contribution in [2.24, 2.45) is 0 Å². The molecule has 1 aliphatic rings. The second kappa shape index (κ2) is 7.56. The van der Waals surface area contributed by atoms with Crippen LogP contribution in [-0.4, -0.2) is 50.3 Å². The van der Waals surface area contributed by atoms with Crippen LogP contribution in [0.4, 0.5) is 0 Å². The first-order valence-corrected chi connectivity index (χ1v) is 8.75. The SMILES string of the molecule is CC(C(=O)O)N1CCn2nc(CN(C)Cc3cccc(Cl)c3)cc2C1. The molecular weight excluding hydrogens is 340 g/mol. The maximum absolute atomic E-state index is 11.2. The van der Waals surface area contributed by atoms with Gasteiger partial charge >= 0.3 is 5.97 Å². The smallest absolute Gasteiger partial charge is 0.320 e. The number of nitrogens with zero attached hydrogens (tertiary/aromatic N) is 4. The maximum atomic E-state index is 11.2. The summed E-state index contributed by atoms with van der Waals surface area (Å²) in [7, 11) is 2.05. The van der Waals surface area contributed by atoms with E-state index in [2.05, 4.69) is 29.2 Å². The Morgan fingerprint density at radius 2 is 2.16 bits per heavy atom. The molecular formula is C18H23ClN4O2. The Morgan fingerprint density at radius 3 is 2.88 bits per heavy atom. The van der Waals surface area contributed by atoms with E-state index in [1.807, 2.05) is 27.8 Å².